The molecule has 146 valence electrons. The molecule has 0 aromatic heterocycles. The number of amides is 2. The van der Waals surface area contributed by atoms with E-state index in [2.05, 4.69) is 34.5 Å². The van der Waals surface area contributed by atoms with Crippen molar-refractivity contribution in [1.82, 2.24) is 10.2 Å². The summed E-state index contributed by atoms with van der Waals surface area (Å²) in [5, 5.41) is 3.12. The molecule has 0 bridgehead atoms. The maximum atomic E-state index is 12.6. The number of fused-ring (bicyclic) bond motifs is 1. The van der Waals surface area contributed by atoms with Crippen LogP contribution in [-0.2, 0) is 16.1 Å². The van der Waals surface area contributed by atoms with Gasteiger partial charge in [0.25, 0.3) is 5.91 Å². The van der Waals surface area contributed by atoms with Gasteiger partial charge in [-0.1, -0.05) is 42.5 Å². The van der Waals surface area contributed by atoms with Gasteiger partial charge in [0, 0.05) is 19.1 Å². The third-order valence-electron chi connectivity index (χ3n) is 5.23. The molecule has 4 rings (SSSR count). The van der Waals surface area contributed by atoms with Gasteiger partial charge in [-0.15, -0.1) is 0 Å². The highest BCUT2D eigenvalue weighted by atomic mass is 16.5. The van der Waals surface area contributed by atoms with Gasteiger partial charge >= 0.3 is 0 Å². The van der Waals surface area contributed by atoms with E-state index in [1.165, 1.54) is 10.5 Å². The zero-order chi connectivity index (χ0) is 19.3. The summed E-state index contributed by atoms with van der Waals surface area (Å²) in [5.41, 5.74) is 1.94. The van der Waals surface area contributed by atoms with Crippen molar-refractivity contribution in [2.24, 2.45) is 0 Å². The Labute approximate surface area is 165 Å². The van der Waals surface area contributed by atoms with Crippen LogP contribution in [0.5, 0.6) is 5.75 Å². The summed E-state index contributed by atoms with van der Waals surface area (Å²) in [7, 11) is 0. The molecule has 2 aromatic carbocycles. The standard InChI is InChI=1S/C22H25N3O3/c26-21(15-25-19-10-4-5-11-20(19)28-16-22(25)27)23-18-9-6-12-24(14-18)13-17-7-2-1-3-8-17/h1-5,7-8,10-11,18H,6,9,12-16H2,(H,23,26). The van der Waals surface area contributed by atoms with Gasteiger partial charge < -0.3 is 10.1 Å². The Morgan fingerprint density at radius 2 is 1.89 bits per heavy atom. The van der Waals surface area contributed by atoms with Crippen LogP contribution in [0, 0.1) is 0 Å². The number of hydrogen-bond donors (Lipinski definition) is 1. The van der Waals surface area contributed by atoms with Crippen LogP contribution in [0.4, 0.5) is 5.69 Å². The number of hydrogen-bond acceptors (Lipinski definition) is 4. The molecule has 0 spiro atoms. The summed E-state index contributed by atoms with van der Waals surface area (Å²) < 4.78 is 5.44. The Balaban J connectivity index is 1.34. The van der Waals surface area contributed by atoms with Gasteiger partial charge in [-0.25, -0.2) is 0 Å². The van der Waals surface area contributed by atoms with Gasteiger partial charge in [-0.3, -0.25) is 19.4 Å². The fourth-order valence-corrected chi connectivity index (χ4v) is 3.90. The van der Waals surface area contributed by atoms with Crippen LogP contribution >= 0.6 is 0 Å². The minimum absolute atomic E-state index is 0.0222. The molecule has 1 atom stereocenters. The van der Waals surface area contributed by atoms with Crippen LogP contribution in [0.3, 0.4) is 0 Å². The maximum absolute atomic E-state index is 12.6. The summed E-state index contributed by atoms with van der Waals surface area (Å²) in [5.74, 6) is 0.321. The van der Waals surface area contributed by atoms with E-state index in [1.807, 2.05) is 30.3 Å². The average Bonchev–Trinajstić information content (AvgIpc) is 2.71. The number of benzene rings is 2. The van der Waals surface area contributed by atoms with Gasteiger partial charge in [0.15, 0.2) is 6.61 Å². The number of nitrogens with one attached hydrogen (secondary N) is 1. The topological polar surface area (TPSA) is 61.9 Å². The second-order valence-corrected chi connectivity index (χ2v) is 7.36. The minimum Gasteiger partial charge on any atom is -0.482 e. The molecule has 1 saturated heterocycles. The molecule has 6 heteroatoms. The van der Waals surface area contributed by atoms with E-state index in [0.717, 1.165) is 32.5 Å². The van der Waals surface area contributed by atoms with E-state index in [1.54, 1.807) is 0 Å². The SMILES string of the molecule is O=C(CN1C(=O)COc2ccccc21)NC1CCCN(Cc2ccccc2)C1. The van der Waals surface area contributed by atoms with Crippen LogP contribution in [0.25, 0.3) is 0 Å². The molecule has 2 aliphatic heterocycles. The van der Waals surface area contributed by atoms with E-state index in [0.29, 0.717) is 11.4 Å². The molecule has 2 aliphatic rings. The van der Waals surface area contributed by atoms with Crippen LogP contribution in [0.15, 0.2) is 54.6 Å². The molecule has 2 heterocycles. The van der Waals surface area contributed by atoms with Gasteiger partial charge in [0.1, 0.15) is 12.3 Å². The lowest BCUT2D eigenvalue weighted by molar-refractivity contribution is -0.125. The quantitative estimate of drug-likeness (QED) is 0.865. The Bertz CT molecular complexity index is 840. The highest BCUT2D eigenvalue weighted by Gasteiger charge is 2.28. The van der Waals surface area contributed by atoms with Crippen molar-refractivity contribution in [2.75, 3.05) is 31.1 Å². The van der Waals surface area contributed by atoms with E-state index in [9.17, 15) is 9.59 Å². The summed E-state index contributed by atoms with van der Waals surface area (Å²) in [6.07, 6.45) is 2.02. The monoisotopic (exact) mass is 379 g/mol. The first-order valence-corrected chi connectivity index (χ1v) is 9.77. The molecule has 0 aliphatic carbocycles. The number of rotatable bonds is 5. The highest BCUT2D eigenvalue weighted by Crippen LogP contribution is 2.31. The summed E-state index contributed by atoms with van der Waals surface area (Å²) in [6.45, 7) is 2.75. The number of nitrogens with zero attached hydrogens (tertiary/aromatic N) is 2. The molecular formula is C22H25N3O3. The predicted molar refractivity (Wildman–Crippen MR) is 107 cm³/mol. The summed E-state index contributed by atoms with van der Waals surface area (Å²) in [4.78, 5) is 28.8. The lowest BCUT2D eigenvalue weighted by Gasteiger charge is -2.34. The molecule has 0 saturated carbocycles. The fraction of sp³-hybridized carbons (Fsp3) is 0.364. The van der Waals surface area contributed by atoms with Crippen molar-refractivity contribution in [3.05, 3.63) is 60.2 Å². The molecule has 1 unspecified atom stereocenters. The fourth-order valence-electron chi connectivity index (χ4n) is 3.90. The first-order valence-electron chi connectivity index (χ1n) is 9.77. The second kappa shape index (κ2) is 8.44. The maximum Gasteiger partial charge on any atom is 0.265 e. The van der Waals surface area contributed by atoms with Crippen molar-refractivity contribution < 1.29 is 14.3 Å². The third-order valence-corrected chi connectivity index (χ3v) is 5.23. The van der Waals surface area contributed by atoms with Gasteiger partial charge in [-0.05, 0) is 37.1 Å². The van der Waals surface area contributed by atoms with E-state index in [-0.39, 0.29) is 31.0 Å². The molecular weight excluding hydrogens is 354 g/mol. The predicted octanol–water partition coefficient (Wildman–Crippen LogP) is 2.19. The minimum atomic E-state index is -0.191. The molecule has 1 fully saturated rings. The zero-order valence-corrected chi connectivity index (χ0v) is 15.8. The molecule has 28 heavy (non-hydrogen) atoms. The highest BCUT2D eigenvalue weighted by molar-refractivity contribution is 6.02. The van der Waals surface area contributed by atoms with E-state index < -0.39 is 0 Å². The average molecular weight is 379 g/mol. The number of piperidine rings is 1. The van der Waals surface area contributed by atoms with E-state index in [4.69, 9.17) is 4.74 Å². The number of para-hydroxylation sites is 2. The first-order chi connectivity index (χ1) is 13.7. The van der Waals surface area contributed by atoms with Crippen LogP contribution < -0.4 is 15.0 Å². The number of carbonyl (C=O) groups excluding carboxylic acids is 2. The summed E-state index contributed by atoms with van der Waals surface area (Å²) >= 11 is 0. The Morgan fingerprint density at radius 3 is 2.75 bits per heavy atom. The second-order valence-electron chi connectivity index (χ2n) is 7.36. The van der Waals surface area contributed by atoms with Gasteiger partial charge in [-0.2, -0.15) is 0 Å². The van der Waals surface area contributed by atoms with Crippen molar-refractivity contribution in [1.29, 1.82) is 0 Å². The first kappa shape index (κ1) is 18.5. The lowest BCUT2D eigenvalue weighted by atomic mass is 10.0. The largest absolute Gasteiger partial charge is 0.482 e. The molecule has 2 aromatic rings. The van der Waals surface area contributed by atoms with E-state index >= 15 is 0 Å². The lowest BCUT2D eigenvalue weighted by Crippen LogP contribution is -2.51. The van der Waals surface area contributed by atoms with Crippen molar-refractivity contribution in [3.63, 3.8) is 0 Å². The van der Waals surface area contributed by atoms with Crippen molar-refractivity contribution >= 4 is 17.5 Å². The molecule has 1 N–H and O–H groups in total. The smallest absolute Gasteiger partial charge is 0.265 e. The Morgan fingerprint density at radius 1 is 1.11 bits per heavy atom. The molecule has 0 radical (unpaired) electrons. The zero-order valence-electron chi connectivity index (χ0n) is 15.8. The number of anilines is 1. The Kier molecular flexibility index (Phi) is 5.58. The Hall–Kier alpha value is -2.86. The van der Waals surface area contributed by atoms with Gasteiger partial charge in [0.05, 0.1) is 5.69 Å². The number of ether oxygens (including phenoxy) is 1. The van der Waals surface area contributed by atoms with Crippen LogP contribution in [-0.4, -0.2) is 49.0 Å². The molecule has 6 nitrogen and oxygen atoms in total. The third kappa shape index (κ3) is 4.34. The summed E-state index contributed by atoms with van der Waals surface area (Å²) in [6, 6.07) is 17.8. The van der Waals surface area contributed by atoms with Crippen LogP contribution in [0.2, 0.25) is 0 Å². The van der Waals surface area contributed by atoms with Crippen molar-refractivity contribution in [3.8, 4) is 5.75 Å². The number of carbonyl (C=O) groups is 2. The van der Waals surface area contributed by atoms with Gasteiger partial charge in [0.2, 0.25) is 5.91 Å². The van der Waals surface area contributed by atoms with Crippen LogP contribution in [0.1, 0.15) is 18.4 Å². The molecule has 2 amide bonds. The normalized spacial score (nSPS) is 19.6. The number of likely N-dealkylation sites (tertiary alicyclic amines) is 1. The van der Waals surface area contributed by atoms with Crippen molar-refractivity contribution in [2.45, 2.75) is 25.4 Å².